The monoisotopic (exact) mass is 517 g/mol. The Balaban J connectivity index is 0.00000392. The second kappa shape index (κ2) is 13.8. The van der Waals surface area contributed by atoms with E-state index >= 15 is 0 Å². The molecular formula is C21H29FIN3OS. The highest BCUT2D eigenvalue weighted by molar-refractivity contribution is 14.0. The molecular weight excluding hydrogens is 488 g/mol. The molecule has 0 bridgehead atoms. The van der Waals surface area contributed by atoms with Crippen LogP contribution in [0.15, 0.2) is 47.5 Å². The zero-order chi connectivity index (χ0) is 19.5. The number of rotatable bonds is 9. The third-order valence-corrected chi connectivity index (χ3v) is 4.76. The van der Waals surface area contributed by atoms with Crippen molar-refractivity contribution < 1.29 is 9.13 Å². The summed E-state index contributed by atoms with van der Waals surface area (Å²) in [4.78, 5) is 4.29. The van der Waals surface area contributed by atoms with Gasteiger partial charge in [-0.05, 0) is 47.6 Å². The van der Waals surface area contributed by atoms with Crippen molar-refractivity contribution in [1.82, 2.24) is 10.6 Å². The van der Waals surface area contributed by atoms with E-state index in [2.05, 4.69) is 27.8 Å². The molecule has 0 radical (unpaired) electrons. The first-order valence-corrected chi connectivity index (χ1v) is 10.4. The van der Waals surface area contributed by atoms with Crippen LogP contribution in [0.5, 0.6) is 0 Å². The molecule has 2 rings (SSSR count). The molecule has 0 saturated heterocycles. The van der Waals surface area contributed by atoms with Crippen LogP contribution in [-0.4, -0.2) is 25.9 Å². The molecule has 0 saturated carbocycles. The lowest BCUT2D eigenvalue weighted by molar-refractivity contribution is 0.133. The van der Waals surface area contributed by atoms with Crippen molar-refractivity contribution in [3.05, 3.63) is 70.5 Å². The maximum atomic E-state index is 13.5. The molecule has 0 spiro atoms. The van der Waals surface area contributed by atoms with Crippen molar-refractivity contribution in [2.75, 3.05) is 19.9 Å². The van der Waals surface area contributed by atoms with Crippen LogP contribution in [0.2, 0.25) is 0 Å². The SMILES string of the molecule is CCOCc1ccccc1CNC(=NC)NCc1ccc(F)cc1CSC.I. The molecule has 0 aliphatic carbocycles. The Morgan fingerprint density at radius 1 is 1.04 bits per heavy atom. The fourth-order valence-electron chi connectivity index (χ4n) is 2.72. The zero-order valence-corrected chi connectivity index (χ0v) is 19.8. The van der Waals surface area contributed by atoms with Crippen molar-refractivity contribution >= 4 is 41.7 Å². The predicted molar refractivity (Wildman–Crippen MR) is 128 cm³/mol. The number of ether oxygens (including phenoxy) is 1. The van der Waals surface area contributed by atoms with Gasteiger partial charge in [0, 0.05) is 32.5 Å². The number of nitrogens with zero attached hydrogens (tertiary/aromatic N) is 1. The minimum absolute atomic E-state index is 0. The Bertz CT molecular complexity index is 758. The van der Waals surface area contributed by atoms with Gasteiger partial charge in [-0.3, -0.25) is 4.99 Å². The molecule has 0 fully saturated rings. The average Bonchev–Trinajstić information content (AvgIpc) is 2.68. The maximum Gasteiger partial charge on any atom is 0.191 e. The van der Waals surface area contributed by atoms with Crippen LogP contribution in [0.3, 0.4) is 0 Å². The highest BCUT2D eigenvalue weighted by Gasteiger charge is 2.07. The van der Waals surface area contributed by atoms with Gasteiger partial charge < -0.3 is 15.4 Å². The molecule has 0 unspecified atom stereocenters. The van der Waals surface area contributed by atoms with E-state index in [1.807, 2.05) is 31.4 Å². The summed E-state index contributed by atoms with van der Waals surface area (Å²) in [6.45, 7) is 4.54. The van der Waals surface area contributed by atoms with Gasteiger partial charge in [-0.25, -0.2) is 4.39 Å². The maximum absolute atomic E-state index is 13.5. The second-order valence-corrected chi connectivity index (χ2v) is 6.90. The van der Waals surface area contributed by atoms with Crippen molar-refractivity contribution in [2.45, 2.75) is 32.4 Å². The summed E-state index contributed by atoms with van der Waals surface area (Å²) in [5, 5.41) is 6.65. The summed E-state index contributed by atoms with van der Waals surface area (Å²) in [6.07, 6.45) is 2.02. The molecule has 7 heteroatoms. The molecule has 0 aromatic heterocycles. The van der Waals surface area contributed by atoms with Gasteiger partial charge in [0.2, 0.25) is 0 Å². The lowest BCUT2D eigenvalue weighted by Gasteiger charge is -2.15. The average molecular weight is 517 g/mol. The van der Waals surface area contributed by atoms with Crippen LogP contribution in [0.25, 0.3) is 0 Å². The molecule has 4 nitrogen and oxygen atoms in total. The molecule has 2 aromatic rings. The van der Waals surface area contributed by atoms with E-state index in [1.165, 1.54) is 17.2 Å². The fourth-order valence-corrected chi connectivity index (χ4v) is 3.30. The minimum atomic E-state index is -0.198. The van der Waals surface area contributed by atoms with E-state index in [4.69, 9.17) is 4.74 Å². The smallest absolute Gasteiger partial charge is 0.191 e. The molecule has 0 aliphatic heterocycles. The number of thioether (sulfide) groups is 1. The van der Waals surface area contributed by atoms with Crippen molar-refractivity contribution in [3.8, 4) is 0 Å². The van der Waals surface area contributed by atoms with Crippen LogP contribution in [0.1, 0.15) is 29.2 Å². The van der Waals surface area contributed by atoms with Gasteiger partial charge in [-0.1, -0.05) is 30.3 Å². The highest BCUT2D eigenvalue weighted by Crippen LogP contribution is 2.16. The first kappa shape index (κ1) is 24.7. The number of hydrogen-bond donors (Lipinski definition) is 2. The standard InChI is InChI=1S/C21H28FN3OS.HI/c1-4-26-14-18-8-6-5-7-16(18)12-24-21(23-2)25-13-17-9-10-20(22)11-19(17)15-27-3;/h5-11H,4,12-15H2,1-3H3,(H2,23,24,25);1H. The van der Waals surface area contributed by atoms with Crippen LogP contribution in [0.4, 0.5) is 4.39 Å². The Morgan fingerprint density at radius 2 is 1.68 bits per heavy atom. The van der Waals surface area contributed by atoms with Gasteiger partial charge in [0.15, 0.2) is 5.96 Å². The lowest BCUT2D eigenvalue weighted by atomic mass is 10.1. The Labute approximate surface area is 188 Å². The van der Waals surface area contributed by atoms with E-state index in [0.717, 1.165) is 16.9 Å². The van der Waals surface area contributed by atoms with Gasteiger partial charge in [0.05, 0.1) is 6.61 Å². The molecule has 28 heavy (non-hydrogen) atoms. The normalized spacial score (nSPS) is 11.1. The Morgan fingerprint density at radius 3 is 2.29 bits per heavy atom. The first-order chi connectivity index (χ1) is 13.2. The number of aliphatic imine (C=N–C) groups is 1. The summed E-state index contributed by atoms with van der Waals surface area (Å²) in [5.41, 5.74) is 4.43. The summed E-state index contributed by atoms with van der Waals surface area (Å²) in [5.74, 6) is 1.29. The number of benzene rings is 2. The van der Waals surface area contributed by atoms with Crippen LogP contribution in [-0.2, 0) is 30.2 Å². The number of guanidine groups is 1. The molecule has 0 amide bonds. The topological polar surface area (TPSA) is 45.6 Å². The number of halogens is 2. The third kappa shape index (κ3) is 7.97. The molecule has 0 atom stereocenters. The zero-order valence-electron chi connectivity index (χ0n) is 16.6. The van der Waals surface area contributed by atoms with Crippen LogP contribution in [0, 0.1) is 5.82 Å². The largest absolute Gasteiger partial charge is 0.377 e. The molecule has 154 valence electrons. The lowest BCUT2D eigenvalue weighted by Crippen LogP contribution is -2.36. The minimum Gasteiger partial charge on any atom is -0.377 e. The molecule has 2 N–H and O–H groups in total. The first-order valence-electron chi connectivity index (χ1n) is 9.03. The number of nitrogens with one attached hydrogen (secondary N) is 2. The van der Waals surface area contributed by atoms with Gasteiger partial charge in [-0.15, -0.1) is 24.0 Å². The van der Waals surface area contributed by atoms with Crippen molar-refractivity contribution in [1.29, 1.82) is 0 Å². The quantitative estimate of drug-likeness (QED) is 0.288. The van der Waals surface area contributed by atoms with Gasteiger partial charge in [0.25, 0.3) is 0 Å². The summed E-state index contributed by atoms with van der Waals surface area (Å²) in [6, 6.07) is 13.1. The van der Waals surface area contributed by atoms with Crippen LogP contribution < -0.4 is 10.6 Å². The molecule has 2 aromatic carbocycles. The summed E-state index contributed by atoms with van der Waals surface area (Å²) >= 11 is 1.68. The van der Waals surface area contributed by atoms with E-state index < -0.39 is 0 Å². The predicted octanol–water partition coefficient (Wildman–Crippen LogP) is 4.71. The van der Waals surface area contributed by atoms with E-state index in [0.29, 0.717) is 32.3 Å². The van der Waals surface area contributed by atoms with Crippen molar-refractivity contribution in [3.63, 3.8) is 0 Å². The Hall–Kier alpha value is -1.32. The van der Waals surface area contributed by atoms with Crippen molar-refractivity contribution in [2.24, 2.45) is 4.99 Å². The molecule has 0 heterocycles. The Kier molecular flexibility index (Phi) is 12.2. The van der Waals surface area contributed by atoms with E-state index in [9.17, 15) is 4.39 Å². The number of hydrogen-bond acceptors (Lipinski definition) is 3. The second-order valence-electron chi connectivity index (χ2n) is 6.03. The fraction of sp³-hybridized carbons (Fsp3) is 0.381. The van der Waals surface area contributed by atoms with Gasteiger partial charge in [-0.2, -0.15) is 11.8 Å². The van der Waals surface area contributed by atoms with Crippen LogP contribution >= 0.6 is 35.7 Å². The van der Waals surface area contributed by atoms with E-state index in [1.54, 1.807) is 24.9 Å². The third-order valence-electron chi connectivity index (χ3n) is 4.16. The van der Waals surface area contributed by atoms with Gasteiger partial charge >= 0.3 is 0 Å². The van der Waals surface area contributed by atoms with Gasteiger partial charge in [0.1, 0.15) is 5.82 Å². The molecule has 0 aliphatic rings. The van der Waals surface area contributed by atoms with E-state index in [-0.39, 0.29) is 29.8 Å². The summed E-state index contributed by atoms with van der Waals surface area (Å²) in [7, 11) is 1.74. The summed E-state index contributed by atoms with van der Waals surface area (Å²) < 4.78 is 19.0. The highest BCUT2D eigenvalue weighted by atomic mass is 127.